The Morgan fingerprint density at radius 1 is 1.33 bits per heavy atom. The molecule has 2 atom stereocenters. The molecule has 2 N–H and O–H groups in total. The largest absolute Gasteiger partial charge is 0.480 e. The van der Waals surface area contributed by atoms with Crippen molar-refractivity contribution in [3.05, 3.63) is 34.9 Å². The molecule has 0 saturated carbocycles. The van der Waals surface area contributed by atoms with E-state index in [1.54, 1.807) is 26.1 Å². The third-order valence-electron chi connectivity index (χ3n) is 3.44. The van der Waals surface area contributed by atoms with E-state index < -0.39 is 18.0 Å². The van der Waals surface area contributed by atoms with Gasteiger partial charge in [-0.2, -0.15) is 0 Å². The van der Waals surface area contributed by atoms with Crippen LogP contribution in [-0.4, -0.2) is 35.1 Å². The zero-order chi connectivity index (χ0) is 16.0. The Hall–Kier alpha value is -1.75. The molecule has 1 aromatic carbocycles. The van der Waals surface area contributed by atoms with E-state index in [1.807, 2.05) is 19.1 Å². The molecule has 116 valence electrons. The first-order chi connectivity index (χ1) is 9.85. The number of urea groups is 1. The fourth-order valence-corrected chi connectivity index (χ4v) is 1.99. The fraction of sp³-hybridized carbons (Fsp3) is 0.467. The lowest BCUT2D eigenvalue weighted by Crippen LogP contribution is -2.49. The molecule has 0 bridgehead atoms. The Kier molecular flexibility index (Phi) is 6.49. The molecular formula is C15H21ClN2O3. The molecule has 1 rings (SSSR count). The number of benzene rings is 1. The minimum absolute atomic E-state index is 0.129. The average Bonchev–Trinajstić information content (AvgIpc) is 2.45. The van der Waals surface area contributed by atoms with Gasteiger partial charge in [0.25, 0.3) is 0 Å². The number of rotatable bonds is 6. The predicted octanol–water partition coefficient (Wildman–Crippen LogP) is 2.98. The highest BCUT2D eigenvalue weighted by molar-refractivity contribution is 6.30. The van der Waals surface area contributed by atoms with E-state index in [0.717, 1.165) is 5.56 Å². The van der Waals surface area contributed by atoms with Gasteiger partial charge in [0.2, 0.25) is 0 Å². The molecule has 0 aliphatic carbocycles. The van der Waals surface area contributed by atoms with Crippen molar-refractivity contribution in [3.63, 3.8) is 0 Å². The Morgan fingerprint density at radius 3 is 2.38 bits per heavy atom. The average molecular weight is 313 g/mol. The Morgan fingerprint density at radius 2 is 1.90 bits per heavy atom. The fourth-order valence-electron chi connectivity index (χ4n) is 1.86. The molecule has 2 amide bonds. The highest BCUT2D eigenvalue weighted by Crippen LogP contribution is 2.12. The summed E-state index contributed by atoms with van der Waals surface area (Å²) >= 11 is 5.81. The maximum absolute atomic E-state index is 12.1. The SMILES string of the molecule is CCC(C)[C@H](NC(=O)N(C)Cc1ccc(Cl)cc1)C(=O)O. The molecule has 0 aromatic heterocycles. The molecule has 0 spiro atoms. The Bertz CT molecular complexity index is 490. The van der Waals surface area contributed by atoms with Crippen molar-refractivity contribution in [2.45, 2.75) is 32.9 Å². The van der Waals surface area contributed by atoms with Gasteiger partial charge in [-0.3, -0.25) is 0 Å². The van der Waals surface area contributed by atoms with Gasteiger partial charge < -0.3 is 15.3 Å². The number of nitrogens with zero attached hydrogens (tertiary/aromatic N) is 1. The Labute approximate surface area is 129 Å². The van der Waals surface area contributed by atoms with E-state index >= 15 is 0 Å². The molecule has 0 radical (unpaired) electrons. The van der Waals surface area contributed by atoms with Crippen LogP contribution in [-0.2, 0) is 11.3 Å². The topological polar surface area (TPSA) is 69.6 Å². The zero-order valence-corrected chi connectivity index (χ0v) is 13.2. The summed E-state index contributed by atoms with van der Waals surface area (Å²) in [5.74, 6) is -1.15. The lowest BCUT2D eigenvalue weighted by Gasteiger charge is -2.24. The number of carbonyl (C=O) groups is 2. The normalized spacial score (nSPS) is 13.3. The van der Waals surface area contributed by atoms with Crippen molar-refractivity contribution < 1.29 is 14.7 Å². The summed E-state index contributed by atoms with van der Waals surface area (Å²) in [6.45, 7) is 4.08. The second-order valence-electron chi connectivity index (χ2n) is 5.13. The van der Waals surface area contributed by atoms with Crippen molar-refractivity contribution >= 4 is 23.6 Å². The van der Waals surface area contributed by atoms with Crippen LogP contribution in [0.5, 0.6) is 0 Å². The molecule has 5 nitrogen and oxygen atoms in total. The number of aliphatic carboxylic acids is 1. The minimum Gasteiger partial charge on any atom is -0.480 e. The molecule has 0 fully saturated rings. The summed E-state index contributed by atoms with van der Waals surface area (Å²) in [4.78, 5) is 24.7. The third-order valence-corrected chi connectivity index (χ3v) is 3.69. The second kappa shape index (κ2) is 7.88. The summed E-state index contributed by atoms with van der Waals surface area (Å²) < 4.78 is 0. The summed E-state index contributed by atoms with van der Waals surface area (Å²) in [6, 6.07) is 5.88. The molecule has 0 saturated heterocycles. The number of carboxylic acid groups (broad SMARTS) is 1. The monoisotopic (exact) mass is 312 g/mol. The number of nitrogens with one attached hydrogen (secondary N) is 1. The first kappa shape index (κ1) is 17.3. The van der Waals surface area contributed by atoms with E-state index in [2.05, 4.69) is 5.32 Å². The number of amides is 2. The standard InChI is InChI=1S/C15H21ClN2O3/c1-4-10(2)13(14(19)20)17-15(21)18(3)9-11-5-7-12(16)8-6-11/h5-8,10,13H,4,9H2,1-3H3,(H,17,21)(H,19,20)/t10?,13-/m0/s1. The Balaban J connectivity index is 2.64. The predicted molar refractivity (Wildman–Crippen MR) is 82.3 cm³/mol. The van der Waals surface area contributed by atoms with E-state index in [9.17, 15) is 14.7 Å². The number of hydrogen-bond donors (Lipinski definition) is 2. The summed E-state index contributed by atoms with van der Waals surface area (Å²) in [5, 5.41) is 12.4. The lowest BCUT2D eigenvalue weighted by molar-refractivity contribution is -0.140. The molecule has 0 aliphatic heterocycles. The van der Waals surface area contributed by atoms with Crippen LogP contribution in [0.4, 0.5) is 4.79 Å². The highest BCUT2D eigenvalue weighted by Gasteiger charge is 2.26. The van der Waals surface area contributed by atoms with Gasteiger partial charge in [0.05, 0.1) is 0 Å². The van der Waals surface area contributed by atoms with Gasteiger partial charge in [0.15, 0.2) is 0 Å². The van der Waals surface area contributed by atoms with Crippen LogP contribution < -0.4 is 5.32 Å². The highest BCUT2D eigenvalue weighted by atomic mass is 35.5. The van der Waals surface area contributed by atoms with Crippen LogP contribution in [0.25, 0.3) is 0 Å². The maximum Gasteiger partial charge on any atom is 0.326 e. The lowest BCUT2D eigenvalue weighted by atomic mass is 9.99. The third kappa shape index (κ3) is 5.27. The summed E-state index contributed by atoms with van der Waals surface area (Å²) in [7, 11) is 1.62. The van der Waals surface area contributed by atoms with Gasteiger partial charge >= 0.3 is 12.0 Å². The molecular weight excluding hydrogens is 292 g/mol. The zero-order valence-electron chi connectivity index (χ0n) is 12.5. The van der Waals surface area contributed by atoms with E-state index in [4.69, 9.17) is 11.6 Å². The van der Waals surface area contributed by atoms with Gasteiger partial charge in [-0.05, 0) is 23.6 Å². The molecule has 21 heavy (non-hydrogen) atoms. The van der Waals surface area contributed by atoms with Crippen molar-refractivity contribution in [2.75, 3.05) is 7.05 Å². The van der Waals surface area contributed by atoms with Crippen molar-refractivity contribution in [1.82, 2.24) is 10.2 Å². The van der Waals surface area contributed by atoms with Crippen LogP contribution in [0.2, 0.25) is 5.02 Å². The van der Waals surface area contributed by atoms with Gasteiger partial charge in [-0.15, -0.1) is 0 Å². The van der Waals surface area contributed by atoms with Crippen LogP contribution in [0.3, 0.4) is 0 Å². The quantitative estimate of drug-likeness (QED) is 0.848. The number of carbonyl (C=O) groups excluding carboxylic acids is 1. The van der Waals surface area contributed by atoms with Gasteiger partial charge in [0, 0.05) is 18.6 Å². The van der Waals surface area contributed by atoms with Crippen LogP contribution in [0.1, 0.15) is 25.8 Å². The molecule has 1 unspecified atom stereocenters. The number of halogens is 1. The summed E-state index contributed by atoms with van der Waals surface area (Å²) in [5.41, 5.74) is 0.924. The number of carboxylic acids is 1. The van der Waals surface area contributed by atoms with E-state index in [-0.39, 0.29) is 5.92 Å². The summed E-state index contributed by atoms with van der Waals surface area (Å²) in [6.07, 6.45) is 0.679. The van der Waals surface area contributed by atoms with Crippen molar-refractivity contribution in [1.29, 1.82) is 0 Å². The van der Waals surface area contributed by atoms with Crippen LogP contribution >= 0.6 is 11.6 Å². The molecule has 0 aliphatic rings. The smallest absolute Gasteiger partial charge is 0.326 e. The second-order valence-corrected chi connectivity index (χ2v) is 5.57. The molecule has 0 heterocycles. The molecule has 6 heteroatoms. The van der Waals surface area contributed by atoms with Gasteiger partial charge in [-0.1, -0.05) is 44.0 Å². The van der Waals surface area contributed by atoms with E-state index in [1.165, 1.54) is 4.90 Å². The number of hydrogen-bond acceptors (Lipinski definition) is 2. The van der Waals surface area contributed by atoms with Crippen LogP contribution in [0.15, 0.2) is 24.3 Å². The minimum atomic E-state index is -1.02. The van der Waals surface area contributed by atoms with Gasteiger partial charge in [0.1, 0.15) is 6.04 Å². The van der Waals surface area contributed by atoms with Crippen molar-refractivity contribution in [2.24, 2.45) is 5.92 Å². The van der Waals surface area contributed by atoms with Gasteiger partial charge in [-0.25, -0.2) is 9.59 Å². The van der Waals surface area contributed by atoms with Crippen molar-refractivity contribution in [3.8, 4) is 0 Å². The first-order valence-electron chi connectivity index (χ1n) is 6.84. The first-order valence-corrected chi connectivity index (χ1v) is 7.21. The molecule has 1 aromatic rings. The van der Waals surface area contributed by atoms with E-state index in [0.29, 0.717) is 18.0 Å². The maximum atomic E-state index is 12.1. The van der Waals surface area contributed by atoms with Crippen LogP contribution in [0, 0.1) is 5.92 Å².